The van der Waals surface area contributed by atoms with Gasteiger partial charge >= 0.3 is 0 Å². The van der Waals surface area contributed by atoms with Crippen LogP contribution in [0.1, 0.15) is 32.5 Å². The first-order valence-corrected chi connectivity index (χ1v) is 12.6. The Balaban J connectivity index is 1.35. The Morgan fingerprint density at radius 2 is 1.97 bits per heavy atom. The van der Waals surface area contributed by atoms with E-state index >= 15 is 0 Å². The van der Waals surface area contributed by atoms with Gasteiger partial charge in [-0.15, -0.1) is 21.8 Å². The largest absolute Gasteiger partial charge is 0.359 e. The summed E-state index contributed by atoms with van der Waals surface area (Å²) < 4.78 is 0. The average Bonchev–Trinajstić information content (AvgIpc) is 3.29. The SMILES string of the molecule is C/C=S1/c2ccc(C(=O)NCc3cnc(-c4cc(=O)cc[nH]4)s3)cc2NC(=O)c2ccccc21. The van der Waals surface area contributed by atoms with E-state index in [4.69, 9.17) is 0 Å². The molecule has 3 heterocycles. The van der Waals surface area contributed by atoms with Gasteiger partial charge < -0.3 is 15.6 Å². The number of amides is 2. The fourth-order valence-electron chi connectivity index (χ4n) is 3.72. The zero-order chi connectivity index (χ0) is 23.7. The highest BCUT2D eigenvalue weighted by molar-refractivity contribution is 8.15. The third-order valence-electron chi connectivity index (χ3n) is 5.31. The molecule has 2 amide bonds. The van der Waals surface area contributed by atoms with Crippen LogP contribution in [0.3, 0.4) is 0 Å². The molecule has 0 spiro atoms. The number of carbonyl (C=O) groups excluding carboxylic acids is 2. The number of pyridine rings is 1. The topological polar surface area (TPSA) is 104 Å². The summed E-state index contributed by atoms with van der Waals surface area (Å²) in [6, 6.07) is 15.9. The molecule has 0 saturated heterocycles. The summed E-state index contributed by atoms with van der Waals surface area (Å²) in [4.78, 5) is 47.4. The lowest BCUT2D eigenvalue weighted by atomic mass is 10.1. The van der Waals surface area contributed by atoms with Crippen LogP contribution < -0.4 is 16.1 Å². The number of rotatable bonds is 4. The molecule has 4 aromatic rings. The third kappa shape index (κ3) is 4.23. The molecule has 9 heteroatoms. The minimum Gasteiger partial charge on any atom is -0.359 e. The molecule has 0 saturated carbocycles. The first-order valence-electron chi connectivity index (χ1n) is 10.5. The quantitative estimate of drug-likeness (QED) is 0.368. The van der Waals surface area contributed by atoms with Crippen LogP contribution in [0.25, 0.3) is 10.7 Å². The normalized spacial score (nSPS) is 14.6. The molecule has 1 aliphatic heterocycles. The van der Waals surface area contributed by atoms with Crippen LogP contribution in [0.2, 0.25) is 0 Å². The maximum absolute atomic E-state index is 12.9. The summed E-state index contributed by atoms with van der Waals surface area (Å²) in [5.74, 6) is -0.426. The molecule has 2 aromatic carbocycles. The van der Waals surface area contributed by atoms with Crippen molar-refractivity contribution in [2.24, 2.45) is 0 Å². The molecule has 0 aliphatic carbocycles. The number of H-pyrrole nitrogens is 1. The van der Waals surface area contributed by atoms with Crippen LogP contribution in [0.5, 0.6) is 0 Å². The number of thiazole rings is 1. The second-order valence-electron chi connectivity index (χ2n) is 7.49. The molecule has 1 aliphatic rings. The van der Waals surface area contributed by atoms with E-state index in [0.29, 0.717) is 34.1 Å². The summed E-state index contributed by atoms with van der Waals surface area (Å²) in [6.45, 7) is 2.28. The molecule has 2 aromatic heterocycles. The summed E-state index contributed by atoms with van der Waals surface area (Å²) in [5.41, 5.74) is 2.29. The van der Waals surface area contributed by atoms with Crippen molar-refractivity contribution >= 4 is 44.7 Å². The van der Waals surface area contributed by atoms with Gasteiger partial charge in [-0.25, -0.2) is 4.98 Å². The van der Waals surface area contributed by atoms with E-state index in [9.17, 15) is 14.4 Å². The summed E-state index contributed by atoms with van der Waals surface area (Å²) in [6.07, 6.45) is 3.26. The maximum Gasteiger partial charge on any atom is 0.256 e. The first kappa shape index (κ1) is 22.0. The lowest BCUT2D eigenvalue weighted by molar-refractivity contribution is 0.0949. The molecular formula is C25H20N4O3S2. The number of anilines is 1. The Morgan fingerprint density at radius 3 is 2.79 bits per heavy atom. The standard InChI is InChI=1S/C25H20N4O3S2/c1-2-34-21-6-4-3-5-18(21)24(32)29-19-11-15(7-8-22(19)34)23(31)27-13-17-14-28-25(33-17)20-12-16(30)9-10-26-20/h2-12,14H,13H2,1H3,(H,26,30)(H,27,31)(H,29,32). The monoisotopic (exact) mass is 488 g/mol. The molecule has 170 valence electrons. The van der Waals surface area contributed by atoms with Crippen LogP contribution in [-0.4, -0.2) is 27.1 Å². The average molecular weight is 489 g/mol. The predicted octanol–water partition coefficient (Wildman–Crippen LogP) is 4.50. The van der Waals surface area contributed by atoms with Crippen molar-refractivity contribution < 1.29 is 9.59 Å². The Hall–Kier alpha value is -3.82. The van der Waals surface area contributed by atoms with Crippen LogP contribution in [0.15, 0.2) is 81.6 Å². The van der Waals surface area contributed by atoms with Gasteiger partial charge in [0.1, 0.15) is 5.01 Å². The van der Waals surface area contributed by atoms with Gasteiger partial charge in [0.05, 0.1) is 23.5 Å². The van der Waals surface area contributed by atoms with Crippen LogP contribution in [0, 0.1) is 0 Å². The van der Waals surface area contributed by atoms with E-state index in [2.05, 4.69) is 26.0 Å². The number of hydrogen-bond donors (Lipinski definition) is 3. The van der Waals surface area contributed by atoms with Gasteiger partial charge in [0.25, 0.3) is 11.8 Å². The number of benzene rings is 2. The van der Waals surface area contributed by atoms with E-state index in [1.54, 1.807) is 24.5 Å². The van der Waals surface area contributed by atoms with Crippen molar-refractivity contribution in [1.29, 1.82) is 0 Å². The van der Waals surface area contributed by atoms with Crippen molar-refractivity contribution in [3.8, 4) is 10.7 Å². The maximum atomic E-state index is 12.9. The van der Waals surface area contributed by atoms with Crippen LogP contribution >= 0.6 is 21.8 Å². The van der Waals surface area contributed by atoms with Gasteiger partial charge in [-0.2, -0.15) is 0 Å². The van der Waals surface area contributed by atoms with Crippen molar-refractivity contribution in [3.05, 3.63) is 93.2 Å². The van der Waals surface area contributed by atoms with E-state index in [1.165, 1.54) is 23.5 Å². The summed E-state index contributed by atoms with van der Waals surface area (Å²) in [5, 5.41) is 8.64. The smallest absolute Gasteiger partial charge is 0.256 e. The van der Waals surface area contributed by atoms with Crippen molar-refractivity contribution in [2.45, 2.75) is 23.3 Å². The lowest BCUT2D eigenvalue weighted by Crippen LogP contribution is -2.22. The predicted molar refractivity (Wildman–Crippen MR) is 136 cm³/mol. The Morgan fingerprint density at radius 1 is 1.12 bits per heavy atom. The van der Waals surface area contributed by atoms with Crippen LogP contribution in [0.4, 0.5) is 5.69 Å². The molecule has 1 atom stereocenters. The zero-order valence-corrected chi connectivity index (χ0v) is 19.8. The highest BCUT2D eigenvalue weighted by atomic mass is 32.2. The highest BCUT2D eigenvalue weighted by Crippen LogP contribution is 2.44. The number of hydrogen-bond acceptors (Lipinski definition) is 5. The minimum absolute atomic E-state index is 0.0966. The minimum atomic E-state index is -0.384. The first-order chi connectivity index (χ1) is 16.5. The number of carbonyl (C=O) groups is 2. The highest BCUT2D eigenvalue weighted by Gasteiger charge is 2.22. The fourth-order valence-corrected chi connectivity index (χ4v) is 6.48. The number of nitrogens with zero attached hydrogens (tertiary/aromatic N) is 1. The molecule has 0 radical (unpaired) electrons. The van der Waals surface area contributed by atoms with E-state index in [1.807, 2.05) is 37.3 Å². The molecule has 34 heavy (non-hydrogen) atoms. The Kier molecular flexibility index (Phi) is 5.95. The van der Waals surface area contributed by atoms with Gasteiger partial charge in [-0.3, -0.25) is 14.4 Å². The molecule has 3 N–H and O–H groups in total. The van der Waals surface area contributed by atoms with Gasteiger partial charge in [0.15, 0.2) is 5.43 Å². The van der Waals surface area contributed by atoms with Gasteiger partial charge in [-0.05, 0) is 37.3 Å². The molecule has 5 rings (SSSR count). The van der Waals surface area contributed by atoms with E-state index in [-0.39, 0.29) is 27.7 Å². The summed E-state index contributed by atoms with van der Waals surface area (Å²) in [7, 11) is -0.384. The summed E-state index contributed by atoms with van der Waals surface area (Å²) >= 11 is 1.40. The molecular weight excluding hydrogens is 468 g/mol. The number of aromatic amines is 1. The van der Waals surface area contributed by atoms with E-state index < -0.39 is 0 Å². The van der Waals surface area contributed by atoms with Crippen molar-refractivity contribution in [3.63, 3.8) is 0 Å². The van der Waals surface area contributed by atoms with E-state index in [0.717, 1.165) is 14.7 Å². The molecule has 0 bridgehead atoms. The van der Waals surface area contributed by atoms with Crippen molar-refractivity contribution in [1.82, 2.24) is 15.3 Å². The number of nitrogens with one attached hydrogen (secondary N) is 3. The second kappa shape index (κ2) is 9.20. The second-order valence-corrected chi connectivity index (χ2v) is 10.6. The van der Waals surface area contributed by atoms with Gasteiger partial charge in [0.2, 0.25) is 0 Å². The van der Waals surface area contributed by atoms with Gasteiger partial charge in [0, 0.05) is 44.8 Å². The van der Waals surface area contributed by atoms with Crippen LogP contribution in [-0.2, 0) is 6.54 Å². The lowest BCUT2D eigenvalue weighted by Gasteiger charge is -2.13. The number of fused-ring (bicyclic) bond motifs is 2. The Labute approximate surface area is 201 Å². The molecule has 0 fully saturated rings. The fraction of sp³-hybridized carbons (Fsp3) is 0.0800. The van der Waals surface area contributed by atoms with Gasteiger partial charge in [-0.1, -0.05) is 17.5 Å². The van der Waals surface area contributed by atoms with Crippen molar-refractivity contribution in [2.75, 3.05) is 5.32 Å². The third-order valence-corrected chi connectivity index (χ3v) is 8.47. The molecule has 7 nitrogen and oxygen atoms in total. The molecule has 1 unspecified atom stereocenters. The number of aromatic nitrogens is 2. The zero-order valence-electron chi connectivity index (χ0n) is 18.1. The Bertz CT molecular complexity index is 1520.